The van der Waals surface area contributed by atoms with Crippen molar-refractivity contribution in [3.63, 3.8) is 0 Å². The van der Waals surface area contributed by atoms with E-state index in [0.29, 0.717) is 6.54 Å². The highest BCUT2D eigenvalue weighted by molar-refractivity contribution is 5.88. The molecule has 0 amide bonds. The van der Waals surface area contributed by atoms with Gasteiger partial charge in [0.1, 0.15) is 6.04 Å². The van der Waals surface area contributed by atoms with Crippen molar-refractivity contribution >= 4 is 29.3 Å². The van der Waals surface area contributed by atoms with E-state index in [0.717, 1.165) is 28.6 Å². The molecule has 0 spiro atoms. The van der Waals surface area contributed by atoms with Crippen molar-refractivity contribution in [2.45, 2.75) is 19.4 Å². The van der Waals surface area contributed by atoms with Gasteiger partial charge in [-0.15, -0.1) is 12.4 Å². The molecule has 1 aromatic carbocycles. The van der Waals surface area contributed by atoms with Crippen molar-refractivity contribution in [2.24, 2.45) is 0 Å². The van der Waals surface area contributed by atoms with Crippen LogP contribution < -0.4 is 5.32 Å². The summed E-state index contributed by atoms with van der Waals surface area (Å²) in [6.45, 7) is 2.76. The highest BCUT2D eigenvalue weighted by atomic mass is 35.5. The fourth-order valence-corrected chi connectivity index (χ4v) is 2.55. The quantitative estimate of drug-likeness (QED) is 0.741. The van der Waals surface area contributed by atoms with Crippen LogP contribution in [0.1, 0.15) is 22.9 Å². The van der Waals surface area contributed by atoms with Crippen LogP contribution in [-0.4, -0.2) is 22.6 Å². The first-order valence-electron chi connectivity index (χ1n) is 5.74. The minimum atomic E-state index is -0.825. The van der Waals surface area contributed by atoms with E-state index in [2.05, 4.69) is 23.3 Å². The Morgan fingerprint density at radius 1 is 1.44 bits per heavy atom. The lowest BCUT2D eigenvalue weighted by Crippen LogP contribution is -2.34. The number of H-pyrrole nitrogens is 1. The molecule has 2 heterocycles. The molecule has 1 unspecified atom stereocenters. The summed E-state index contributed by atoms with van der Waals surface area (Å²) in [7, 11) is 0. The van der Waals surface area contributed by atoms with Gasteiger partial charge in [-0.25, -0.2) is 0 Å². The first kappa shape index (κ1) is 12.9. The van der Waals surface area contributed by atoms with Crippen LogP contribution in [0, 0.1) is 6.92 Å². The van der Waals surface area contributed by atoms with Gasteiger partial charge in [-0.1, -0.05) is 11.6 Å². The van der Waals surface area contributed by atoms with Crippen molar-refractivity contribution in [3.05, 3.63) is 35.0 Å². The summed E-state index contributed by atoms with van der Waals surface area (Å²) in [5.74, 6) is -0.825. The van der Waals surface area contributed by atoms with Crippen molar-refractivity contribution in [2.75, 3.05) is 6.54 Å². The molecule has 1 atom stereocenters. The SMILES string of the molecule is Cc1ccc2[nH]c3c(c2c1)CCNC3C(=O)O.Cl. The maximum Gasteiger partial charge on any atom is 0.326 e. The van der Waals surface area contributed by atoms with Gasteiger partial charge in [-0.2, -0.15) is 0 Å². The second-order valence-corrected chi connectivity index (χ2v) is 4.54. The van der Waals surface area contributed by atoms with Crippen LogP contribution >= 0.6 is 12.4 Å². The average Bonchev–Trinajstić information content (AvgIpc) is 2.66. The molecular formula is C13H15ClN2O2. The molecule has 0 saturated heterocycles. The van der Waals surface area contributed by atoms with Gasteiger partial charge in [0.25, 0.3) is 0 Å². The summed E-state index contributed by atoms with van der Waals surface area (Å²) in [6, 6.07) is 5.57. The molecule has 0 fully saturated rings. The Balaban J connectivity index is 0.00000120. The number of aliphatic carboxylic acids is 1. The summed E-state index contributed by atoms with van der Waals surface area (Å²) < 4.78 is 0. The highest BCUT2D eigenvalue weighted by Crippen LogP contribution is 2.30. The summed E-state index contributed by atoms with van der Waals surface area (Å²) in [5, 5.41) is 13.4. The summed E-state index contributed by atoms with van der Waals surface area (Å²) >= 11 is 0. The van der Waals surface area contributed by atoms with Gasteiger partial charge in [0.2, 0.25) is 0 Å². The van der Waals surface area contributed by atoms with Gasteiger partial charge < -0.3 is 10.1 Å². The smallest absolute Gasteiger partial charge is 0.326 e. The molecule has 96 valence electrons. The van der Waals surface area contributed by atoms with E-state index in [-0.39, 0.29) is 12.4 Å². The number of carboxylic acid groups (broad SMARTS) is 1. The third-order valence-electron chi connectivity index (χ3n) is 3.35. The maximum absolute atomic E-state index is 11.2. The lowest BCUT2D eigenvalue weighted by molar-refractivity contribution is -0.139. The monoisotopic (exact) mass is 266 g/mol. The number of carbonyl (C=O) groups is 1. The summed E-state index contributed by atoms with van der Waals surface area (Å²) in [6.07, 6.45) is 0.878. The van der Waals surface area contributed by atoms with E-state index >= 15 is 0 Å². The van der Waals surface area contributed by atoms with E-state index in [1.165, 1.54) is 5.56 Å². The largest absolute Gasteiger partial charge is 0.480 e. The van der Waals surface area contributed by atoms with Crippen LogP contribution in [0.4, 0.5) is 0 Å². The topological polar surface area (TPSA) is 65.1 Å². The van der Waals surface area contributed by atoms with E-state index in [9.17, 15) is 9.90 Å². The molecule has 1 aliphatic rings. The van der Waals surface area contributed by atoms with Gasteiger partial charge in [0.05, 0.1) is 0 Å². The second kappa shape index (κ2) is 4.63. The van der Waals surface area contributed by atoms with Gasteiger partial charge in [0.15, 0.2) is 0 Å². The zero-order valence-electron chi connectivity index (χ0n) is 9.99. The first-order chi connectivity index (χ1) is 8.16. The Hall–Kier alpha value is -1.52. The molecule has 1 aromatic heterocycles. The maximum atomic E-state index is 11.2. The van der Waals surface area contributed by atoms with Crippen LogP contribution in [0.15, 0.2) is 18.2 Å². The second-order valence-electron chi connectivity index (χ2n) is 4.54. The summed E-state index contributed by atoms with van der Waals surface area (Å²) in [4.78, 5) is 14.4. The lowest BCUT2D eigenvalue weighted by Gasteiger charge is -2.20. The van der Waals surface area contributed by atoms with Gasteiger partial charge >= 0.3 is 5.97 Å². The molecule has 4 nitrogen and oxygen atoms in total. The minimum Gasteiger partial charge on any atom is -0.480 e. The Kier molecular flexibility index (Phi) is 3.32. The Morgan fingerprint density at radius 3 is 2.94 bits per heavy atom. The fraction of sp³-hybridized carbons (Fsp3) is 0.308. The Bertz CT molecular complexity index is 606. The molecule has 3 rings (SSSR count). The molecule has 0 radical (unpaired) electrons. The molecule has 0 saturated carbocycles. The molecule has 2 aromatic rings. The number of aromatic nitrogens is 1. The first-order valence-corrected chi connectivity index (χ1v) is 5.74. The van der Waals surface area contributed by atoms with Crippen LogP contribution in [-0.2, 0) is 11.2 Å². The highest BCUT2D eigenvalue weighted by Gasteiger charge is 2.28. The zero-order chi connectivity index (χ0) is 12.0. The summed E-state index contributed by atoms with van der Waals surface area (Å²) in [5.41, 5.74) is 4.18. The van der Waals surface area contributed by atoms with E-state index < -0.39 is 12.0 Å². The minimum absolute atomic E-state index is 0. The number of rotatable bonds is 1. The lowest BCUT2D eigenvalue weighted by atomic mass is 9.99. The van der Waals surface area contributed by atoms with Crippen LogP contribution in [0.3, 0.4) is 0 Å². The Labute approximate surface area is 111 Å². The standard InChI is InChI=1S/C13H14N2O2.ClH/c1-7-2-3-10-9(6-7)8-4-5-14-12(13(16)17)11(8)15-10;/h2-3,6,12,14-15H,4-5H2,1H3,(H,16,17);1H. The number of fused-ring (bicyclic) bond motifs is 3. The van der Waals surface area contributed by atoms with Crippen LogP contribution in [0.25, 0.3) is 10.9 Å². The number of carboxylic acids is 1. The predicted octanol–water partition coefficient (Wildman–Crippen LogP) is 2.17. The molecular weight excluding hydrogens is 252 g/mol. The molecule has 0 aliphatic carbocycles. The van der Waals surface area contributed by atoms with Crippen molar-refractivity contribution in [1.29, 1.82) is 0 Å². The van der Waals surface area contributed by atoms with Gasteiger partial charge in [-0.3, -0.25) is 10.1 Å². The number of benzene rings is 1. The zero-order valence-corrected chi connectivity index (χ0v) is 10.8. The third kappa shape index (κ3) is 1.87. The van der Waals surface area contributed by atoms with E-state index in [1.54, 1.807) is 0 Å². The van der Waals surface area contributed by atoms with Crippen LogP contribution in [0.2, 0.25) is 0 Å². The normalized spacial score (nSPS) is 18.2. The molecule has 1 aliphatic heterocycles. The van der Waals surface area contributed by atoms with E-state index in [4.69, 9.17) is 0 Å². The van der Waals surface area contributed by atoms with Crippen molar-refractivity contribution in [1.82, 2.24) is 10.3 Å². The average molecular weight is 267 g/mol. The predicted molar refractivity (Wildman–Crippen MR) is 72.4 cm³/mol. The number of aryl methyl sites for hydroxylation is 1. The number of hydrogen-bond acceptors (Lipinski definition) is 2. The van der Waals surface area contributed by atoms with Crippen molar-refractivity contribution in [3.8, 4) is 0 Å². The number of aromatic amines is 1. The van der Waals surface area contributed by atoms with Gasteiger partial charge in [-0.05, 0) is 31.0 Å². The molecule has 18 heavy (non-hydrogen) atoms. The van der Waals surface area contributed by atoms with E-state index in [1.807, 2.05) is 12.1 Å². The Morgan fingerprint density at radius 2 is 2.22 bits per heavy atom. The number of hydrogen-bond donors (Lipinski definition) is 3. The van der Waals surface area contributed by atoms with Gasteiger partial charge in [0, 0.05) is 23.1 Å². The third-order valence-corrected chi connectivity index (χ3v) is 3.35. The molecule has 5 heteroatoms. The van der Waals surface area contributed by atoms with Crippen molar-refractivity contribution < 1.29 is 9.90 Å². The number of halogens is 1. The fourth-order valence-electron chi connectivity index (χ4n) is 2.55. The molecule has 3 N–H and O–H groups in total. The van der Waals surface area contributed by atoms with Crippen LogP contribution in [0.5, 0.6) is 0 Å². The number of nitrogens with one attached hydrogen (secondary N) is 2. The molecule has 0 bridgehead atoms.